The first-order valence-electron chi connectivity index (χ1n) is 5.64. The number of benzene rings is 2. The molecule has 0 aliphatic rings. The van der Waals surface area contributed by atoms with Gasteiger partial charge in [-0.1, -0.05) is 42.0 Å². The van der Waals surface area contributed by atoms with Crippen molar-refractivity contribution < 1.29 is 9.50 Å². The first-order chi connectivity index (χ1) is 8.15. The van der Waals surface area contributed by atoms with E-state index in [0.29, 0.717) is 6.42 Å². The number of hydrogen-bond acceptors (Lipinski definition) is 1. The third-order valence-corrected chi connectivity index (χ3v) is 2.80. The van der Waals surface area contributed by atoms with Crippen molar-refractivity contribution in [2.75, 3.05) is 0 Å². The summed E-state index contributed by atoms with van der Waals surface area (Å²) in [5.41, 5.74) is 2.99. The molecule has 0 fully saturated rings. The van der Waals surface area contributed by atoms with Gasteiger partial charge >= 0.3 is 0 Å². The molecule has 1 N–H and O–H groups in total. The average molecular weight is 230 g/mol. The number of aliphatic hydroxyl groups is 1. The summed E-state index contributed by atoms with van der Waals surface area (Å²) in [7, 11) is 0. The molecular formula is C15H15FO. The van der Waals surface area contributed by atoms with Crippen molar-refractivity contribution in [2.45, 2.75) is 19.4 Å². The molecule has 1 unspecified atom stereocenters. The van der Waals surface area contributed by atoms with E-state index in [4.69, 9.17) is 0 Å². The van der Waals surface area contributed by atoms with Crippen LogP contribution in [0.1, 0.15) is 22.8 Å². The Kier molecular flexibility index (Phi) is 3.55. The molecular weight excluding hydrogens is 215 g/mol. The third kappa shape index (κ3) is 3.14. The van der Waals surface area contributed by atoms with Crippen molar-refractivity contribution in [1.29, 1.82) is 0 Å². The second kappa shape index (κ2) is 5.11. The molecule has 0 heterocycles. The van der Waals surface area contributed by atoms with E-state index in [-0.39, 0.29) is 5.82 Å². The Bertz CT molecular complexity index is 473. The van der Waals surface area contributed by atoms with E-state index in [9.17, 15) is 9.50 Å². The van der Waals surface area contributed by atoms with Gasteiger partial charge in [0, 0.05) is 6.42 Å². The van der Waals surface area contributed by atoms with Crippen LogP contribution in [0.4, 0.5) is 4.39 Å². The van der Waals surface area contributed by atoms with Gasteiger partial charge in [0.05, 0.1) is 6.10 Å². The summed E-state index contributed by atoms with van der Waals surface area (Å²) in [6, 6.07) is 14.0. The second-order valence-corrected chi connectivity index (χ2v) is 4.26. The summed E-state index contributed by atoms with van der Waals surface area (Å²) >= 11 is 0. The number of halogens is 1. The third-order valence-electron chi connectivity index (χ3n) is 2.80. The van der Waals surface area contributed by atoms with Gasteiger partial charge in [-0.15, -0.1) is 0 Å². The Balaban J connectivity index is 2.08. The van der Waals surface area contributed by atoms with Gasteiger partial charge in [-0.3, -0.25) is 0 Å². The lowest BCUT2D eigenvalue weighted by Gasteiger charge is -2.11. The molecule has 2 rings (SSSR count). The maximum atomic E-state index is 12.7. The summed E-state index contributed by atoms with van der Waals surface area (Å²) in [6.45, 7) is 2.01. The van der Waals surface area contributed by atoms with Gasteiger partial charge in [-0.25, -0.2) is 4.39 Å². The molecule has 0 aromatic heterocycles. The minimum atomic E-state index is -0.541. The monoisotopic (exact) mass is 230 g/mol. The van der Waals surface area contributed by atoms with Crippen molar-refractivity contribution in [1.82, 2.24) is 0 Å². The van der Waals surface area contributed by atoms with Crippen LogP contribution in [0.15, 0.2) is 48.5 Å². The lowest BCUT2D eigenvalue weighted by Crippen LogP contribution is -2.01. The van der Waals surface area contributed by atoms with E-state index >= 15 is 0 Å². The maximum Gasteiger partial charge on any atom is 0.123 e. The minimum absolute atomic E-state index is 0.251. The number of aliphatic hydroxyl groups excluding tert-OH is 1. The highest BCUT2D eigenvalue weighted by Crippen LogP contribution is 2.18. The molecule has 1 nitrogen and oxygen atoms in total. The predicted molar refractivity (Wildman–Crippen MR) is 66.2 cm³/mol. The van der Waals surface area contributed by atoms with Crippen LogP contribution in [0, 0.1) is 12.7 Å². The molecule has 0 saturated carbocycles. The minimum Gasteiger partial charge on any atom is -0.388 e. The lowest BCUT2D eigenvalue weighted by molar-refractivity contribution is 0.178. The van der Waals surface area contributed by atoms with Crippen molar-refractivity contribution >= 4 is 0 Å². The number of aryl methyl sites for hydroxylation is 1. The van der Waals surface area contributed by atoms with Crippen LogP contribution in [-0.4, -0.2) is 5.11 Å². The van der Waals surface area contributed by atoms with Crippen molar-refractivity contribution in [3.63, 3.8) is 0 Å². The zero-order valence-corrected chi connectivity index (χ0v) is 9.73. The molecule has 0 saturated heterocycles. The maximum absolute atomic E-state index is 12.7. The SMILES string of the molecule is Cc1ccc(C(O)Cc2ccc(F)cc2)cc1. The van der Waals surface area contributed by atoms with Gasteiger partial charge in [0.1, 0.15) is 5.82 Å². The summed E-state index contributed by atoms with van der Waals surface area (Å²) < 4.78 is 12.7. The van der Waals surface area contributed by atoms with Gasteiger partial charge < -0.3 is 5.11 Å². The quantitative estimate of drug-likeness (QED) is 0.856. The van der Waals surface area contributed by atoms with Gasteiger partial charge in [0.2, 0.25) is 0 Å². The molecule has 88 valence electrons. The summed E-state index contributed by atoms with van der Waals surface area (Å²) in [6.07, 6.45) is -0.0374. The smallest absolute Gasteiger partial charge is 0.123 e. The Morgan fingerprint density at radius 1 is 1.00 bits per heavy atom. The fraction of sp³-hybridized carbons (Fsp3) is 0.200. The first kappa shape index (κ1) is 11.8. The molecule has 0 aliphatic carbocycles. The van der Waals surface area contributed by atoms with Crippen molar-refractivity contribution in [3.8, 4) is 0 Å². The standard InChI is InChI=1S/C15H15FO/c1-11-2-6-13(7-3-11)15(17)10-12-4-8-14(16)9-5-12/h2-9,15,17H,10H2,1H3. The van der Waals surface area contributed by atoms with Crippen molar-refractivity contribution in [2.24, 2.45) is 0 Å². The molecule has 0 aliphatic heterocycles. The van der Waals surface area contributed by atoms with Gasteiger partial charge in [0.15, 0.2) is 0 Å². The summed E-state index contributed by atoms with van der Waals surface area (Å²) in [4.78, 5) is 0. The largest absolute Gasteiger partial charge is 0.388 e. The van der Waals surface area contributed by atoms with E-state index in [0.717, 1.165) is 11.1 Å². The highest BCUT2D eigenvalue weighted by atomic mass is 19.1. The molecule has 2 aromatic carbocycles. The topological polar surface area (TPSA) is 20.2 Å². The average Bonchev–Trinajstić information content (AvgIpc) is 2.33. The Morgan fingerprint density at radius 2 is 1.59 bits per heavy atom. The van der Waals surface area contributed by atoms with Crippen LogP contribution in [0.2, 0.25) is 0 Å². The summed E-state index contributed by atoms with van der Waals surface area (Å²) in [5.74, 6) is -0.251. The van der Waals surface area contributed by atoms with Crippen LogP contribution in [0.5, 0.6) is 0 Å². The van der Waals surface area contributed by atoms with Gasteiger partial charge in [-0.05, 0) is 30.2 Å². The van der Waals surface area contributed by atoms with E-state index in [1.807, 2.05) is 31.2 Å². The fourth-order valence-electron chi connectivity index (χ4n) is 1.75. The molecule has 2 heteroatoms. The van der Waals surface area contributed by atoms with Crippen LogP contribution >= 0.6 is 0 Å². The van der Waals surface area contributed by atoms with Crippen molar-refractivity contribution in [3.05, 3.63) is 71.0 Å². The van der Waals surface area contributed by atoms with Crippen LogP contribution in [-0.2, 0) is 6.42 Å². The van der Waals surface area contributed by atoms with E-state index in [2.05, 4.69) is 0 Å². The number of hydrogen-bond donors (Lipinski definition) is 1. The second-order valence-electron chi connectivity index (χ2n) is 4.26. The normalized spacial score (nSPS) is 12.4. The van der Waals surface area contributed by atoms with E-state index in [1.165, 1.54) is 17.7 Å². The predicted octanol–water partition coefficient (Wildman–Crippen LogP) is 3.41. The lowest BCUT2D eigenvalue weighted by atomic mass is 10.0. The van der Waals surface area contributed by atoms with Crippen LogP contribution in [0.25, 0.3) is 0 Å². The highest BCUT2D eigenvalue weighted by molar-refractivity contribution is 5.25. The fourth-order valence-corrected chi connectivity index (χ4v) is 1.75. The van der Waals surface area contributed by atoms with Crippen LogP contribution in [0.3, 0.4) is 0 Å². The molecule has 0 radical (unpaired) electrons. The first-order valence-corrected chi connectivity index (χ1v) is 5.64. The van der Waals surface area contributed by atoms with E-state index < -0.39 is 6.10 Å². The number of rotatable bonds is 3. The van der Waals surface area contributed by atoms with Gasteiger partial charge in [0.25, 0.3) is 0 Å². The Labute approximate surface area is 101 Å². The Morgan fingerprint density at radius 3 is 2.18 bits per heavy atom. The highest BCUT2D eigenvalue weighted by Gasteiger charge is 2.08. The molecule has 1 atom stereocenters. The Hall–Kier alpha value is -1.67. The van der Waals surface area contributed by atoms with Gasteiger partial charge in [-0.2, -0.15) is 0 Å². The zero-order chi connectivity index (χ0) is 12.3. The zero-order valence-electron chi connectivity index (χ0n) is 9.73. The molecule has 0 bridgehead atoms. The molecule has 17 heavy (non-hydrogen) atoms. The molecule has 0 spiro atoms. The van der Waals surface area contributed by atoms with E-state index in [1.54, 1.807) is 12.1 Å². The molecule has 0 amide bonds. The molecule has 2 aromatic rings. The van der Waals surface area contributed by atoms with Crippen LogP contribution < -0.4 is 0 Å². The summed E-state index contributed by atoms with van der Waals surface area (Å²) in [5, 5.41) is 10.0.